The van der Waals surface area contributed by atoms with E-state index >= 15 is 0 Å². The number of urea groups is 1. The van der Waals surface area contributed by atoms with Crippen LogP contribution in [0.3, 0.4) is 0 Å². The highest BCUT2D eigenvalue weighted by Gasteiger charge is 2.48. The van der Waals surface area contributed by atoms with Gasteiger partial charge >= 0.3 is 6.03 Å². The van der Waals surface area contributed by atoms with Crippen molar-refractivity contribution in [3.8, 4) is 5.75 Å². The average Bonchev–Trinajstić information content (AvgIpc) is 3.50. The molecule has 1 aliphatic carbocycles. The number of ether oxygens (including phenoxy) is 1. The number of carbonyl (C=O) groups excluding carboxylic acids is 2. The van der Waals surface area contributed by atoms with Crippen molar-refractivity contribution in [2.75, 3.05) is 13.7 Å². The predicted molar refractivity (Wildman–Crippen MR) is 122 cm³/mol. The number of halogens is 3. The number of nitrogens with one attached hydrogen (secondary N) is 3. The Kier molecular flexibility index (Phi) is 5.51. The van der Waals surface area contributed by atoms with Crippen LogP contribution in [0.5, 0.6) is 5.75 Å². The summed E-state index contributed by atoms with van der Waals surface area (Å²) in [7, 11) is 1.30. The van der Waals surface area contributed by atoms with E-state index in [2.05, 4.69) is 20.9 Å². The van der Waals surface area contributed by atoms with E-state index in [1.165, 1.54) is 7.11 Å². The van der Waals surface area contributed by atoms with Crippen LogP contribution in [-0.4, -0.2) is 36.6 Å². The first-order chi connectivity index (χ1) is 16.3. The second kappa shape index (κ2) is 8.39. The third-order valence-corrected chi connectivity index (χ3v) is 6.61. The van der Waals surface area contributed by atoms with E-state index in [-0.39, 0.29) is 17.9 Å². The Bertz CT molecular complexity index is 1290. The second-order valence-electron chi connectivity index (χ2n) is 8.55. The fourth-order valence-corrected chi connectivity index (χ4v) is 4.60. The molecule has 0 radical (unpaired) electrons. The van der Waals surface area contributed by atoms with Gasteiger partial charge in [-0.3, -0.25) is 9.78 Å². The normalized spacial score (nSPS) is 20.6. The van der Waals surface area contributed by atoms with Gasteiger partial charge in [-0.05, 0) is 37.1 Å². The number of fused-ring (bicyclic) bond motifs is 1. The lowest BCUT2D eigenvalue weighted by atomic mass is 9.93. The van der Waals surface area contributed by atoms with Gasteiger partial charge in [-0.2, -0.15) is 0 Å². The van der Waals surface area contributed by atoms with Gasteiger partial charge in [0, 0.05) is 40.6 Å². The quantitative estimate of drug-likeness (QED) is 0.512. The van der Waals surface area contributed by atoms with Crippen molar-refractivity contribution >= 4 is 34.4 Å². The second-order valence-corrected chi connectivity index (χ2v) is 8.98. The molecule has 2 atom stereocenters. The summed E-state index contributed by atoms with van der Waals surface area (Å²) < 4.78 is 34.2. The van der Waals surface area contributed by atoms with Crippen molar-refractivity contribution in [2.24, 2.45) is 0 Å². The fraction of sp³-hybridized carbons (Fsp3) is 0.292. The van der Waals surface area contributed by atoms with Crippen LogP contribution in [0.4, 0.5) is 13.6 Å². The minimum atomic E-state index is -1.14. The third-order valence-electron chi connectivity index (χ3n) is 6.37. The van der Waals surface area contributed by atoms with Crippen LogP contribution in [0.15, 0.2) is 42.5 Å². The van der Waals surface area contributed by atoms with Crippen LogP contribution in [-0.2, 0) is 10.3 Å². The molecule has 10 heteroatoms. The minimum Gasteiger partial charge on any atom is -0.497 e. The number of benzene rings is 2. The monoisotopic (exact) mass is 486 g/mol. The molecule has 0 unspecified atom stereocenters. The van der Waals surface area contributed by atoms with Gasteiger partial charge in [0.25, 0.3) is 0 Å². The number of methoxy groups -OCH3 is 1. The molecular weight excluding hydrogens is 466 g/mol. The molecule has 3 amide bonds. The van der Waals surface area contributed by atoms with E-state index in [0.29, 0.717) is 23.6 Å². The summed E-state index contributed by atoms with van der Waals surface area (Å²) in [6.45, 7) is -0.0100. The number of carbonyl (C=O) groups is 2. The van der Waals surface area contributed by atoms with Gasteiger partial charge in [-0.15, -0.1) is 0 Å². The standard InChI is InChI=1S/C24H21ClF2N4O3/c1-34-14-9-16(26)20(17(27)10-14)15-11-28-22(32)21(15)30-23(33)31-24(6-7-24)19-5-2-12-8-13(25)3-4-18(12)29-19/h2-5,8-10,15,21H,6-7,11H2,1H3,(H,28,32)(H2,30,31,33)/t15-,21-/m0/s1. The Hall–Kier alpha value is -3.46. The molecule has 5 rings (SSSR count). The predicted octanol–water partition coefficient (Wildman–Crippen LogP) is 3.75. The van der Waals surface area contributed by atoms with Gasteiger partial charge in [0.15, 0.2) is 0 Å². The molecule has 1 aromatic heterocycles. The molecule has 2 aromatic carbocycles. The Morgan fingerprint density at radius 2 is 1.91 bits per heavy atom. The van der Waals surface area contributed by atoms with E-state index in [0.717, 1.165) is 23.0 Å². The van der Waals surface area contributed by atoms with Crippen molar-refractivity contribution in [3.63, 3.8) is 0 Å². The lowest BCUT2D eigenvalue weighted by molar-refractivity contribution is -0.120. The molecule has 0 spiro atoms. The molecule has 34 heavy (non-hydrogen) atoms. The van der Waals surface area contributed by atoms with Gasteiger partial charge in [-0.1, -0.05) is 17.7 Å². The highest BCUT2D eigenvalue weighted by Crippen LogP contribution is 2.45. The fourth-order valence-electron chi connectivity index (χ4n) is 4.42. The summed E-state index contributed by atoms with van der Waals surface area (Å²) in [6, 6.07) is 9.43. The first-order valence-electron chi connectivity index (χ1n) is 10.8. The van der Waals surface area contributed by atoms with Crippen LogP contribution in [0, 0.1) is 11.6 Å². The summed E-state index contributed by atoms with van der Waals surface area (Å²) in [5, 5.41) is 9.56. The maximum atomic E-state index is 14.6. The molecule has 2 aliphatic rings. The van der Waals surface area contributed by atoms with Crippen LogP contribution >= 0.6 is 11.6 Å². The number of hydrogen-bond donors (Lipinski definition) is 3. The first kappa shape index (κ1) is 22.3. The Morgan fingerprint density at radius 3 is 2.59 bits per heavy atom. The zero-order valence-electron chi connectivity index (χ0n) is 18.1. The van der Waals surface area contributed by atoms with Crippen LogP contribution < -0.4 is 20.7 Å². The maximum absolute atomic E-state index is 14.6. The van der Waals surface area contributed by atoms with Gasteiger partial charge in [-0.25, -0.2) is 13.6 Å². The Balaban J connectivity index is 1.34. The number of nitrogens with zero attached hydrogens (tertiary/aromatic N) is 1. The topological polar surface area (TPSA) is 92.4 Å². The van der Waals surface area contributed by atoms with Crippen molar-refractivity contribution < 1.29 is 23.1 Å². The molecule has 1 saturated heterocycles. The van der Waals surface area contributed by atoms with Crippen molar-refractivity contribution in [1.82, 2.24) is 20.9 Å². The zero-order valence-corrected chi connectivity index (χ0v) is 18.9. The minimum absolute atomic E-state index is 0.0100. The van der Waals surface area contributed by atoms with Crippen LogP contribution in [0.1, 0.15) is 30.0 Å². The van der Waals surface area contributed by atoms with Gasteiger partial charge in [0.05, 0.1) is 23.9 Å². The smallest absolute Gasteiger partial charge is 0.316 e. The van der Waals surface area contributed by atoms with Crippen molar-refractivity contribution in [1.29, 1.82) is 0 Å². The molecule has 0 bridgehead atoms. The first-order valence-corrected chi connectivity index (χ1v) is 11.1. The summed E-state index contributed by atoms with van der Waals surface area (Å²) in [4.78, 5) is 30.0. The third kappa shape index (κ3) is 4.00. The average molecular weight is 487 g/mol. The van der Waals surface area contributed by atoms with Gasteiger partial charge < -0.3 is 20.7 Å². The molecule has 2 heterocycles. The summed E-state index contributed by atoms with van der Waals surface area (Å²) in [5.41, 5.74) is 0.493. The number of pyridine rings is 1. The highest BCUT2D eigenvalue weighted by molar-refractivity contribution is 6.31. The van der Waals surface area contributed by atoms with E-state index in [1.807, 2.05) is 24.3 Å². The molecule has 7 nitrogen and oxygen atoms in total. The number of amides is 3. The van der Waals surface area contributed by atoms with Gasteiger partial charge in [0.2, 0.25) is 5.91 Å². The Morgan fingerprint density at radius 1 is 1.18 bits per heavy atom. The molecular formula is C24H21ClF2N4O3. The van der Waals surface area contributed by atoms with E-state index in [9.17, 15) is 18.4 Å². The number of rotatable bonds is 5. The Labute approximate surface area is 198 Å². The lowest BCUT2D eigenvalue weighted by Crippen LogP contribution is -2.50. The van der Waals surface area contributed by atoms with Crippen LogP contribution in [0.25, 0.3) is 10.9 Å². The summed E-state index contributed by atoms with van der Waals surface area (Å²) in [6.07, 6.45) is 1.35. The lowest BCUT2D eigenvalue weighted by Gasteiger charge is -2.23. The summed E-state index contributed by atoms with van der Waals surface area (Å²) >= 11 is 6.03. The van der Waals surface area contributed by atoms with E-state index in [1.54, 1.807) is 6.07 Å². The maximum Gasteiger partial charge on any atom is 0.316 e. The molecule has 3 aromatic rings. The van der Waals surface area contributed by atoms with E-state index in [4.69, 9.17) is 16.3 Å². The van der Waals surface area contributed by atoms with Crippen LogP contribution in [0.2, 0.25) is 5.02 Å². The highest BCUT2D eigenvalue weighted by atomic mass is 35.5. The molecule has 1 saturated carbocycles. The largest absolute Gasteiger partial charge is 0.497 e. The van der Waals surface area contributed by atoms with Crippen molar-refractivity contribution in [3.05, 3.63) is 70.4 Å². The molecule has 2 fully saturated rings. The molecule has 176 valence electrons. The van der Waals surface area contributed by atoms with Crippen molar-refractivity contribution in [2.45, 2.75) is 30.3 Å². The molecule has 1 aliphatic heterocycles. The van der Waals surface area contributed by atoms with Gasteiger partial charge in [0.1, 0.15) is 23.4 Å². The van der Waals surface area contributed by atoms with E-state index < -0.39 is 41.1 Å². The SMILES string of the molecule is COc1cc(F)c([C@@H]2CNC(=O)[C@H]2NC(=O)NC2(c3ccc4cc(Cl)ccc4n3)CC2)c(F)c1. The zero-order chi connectivity index (χ0) is 24.0. The molecule has 3 N–H and O–H groups in total. The summed E-state index contributed by atoms with van der Waals surface area (Å²) in [5.74, 6) is -3.09. The number of aromatic nitrogens is 1. The number of hydrogen-bond acceptors (Lipinski definition) is 4.